The highest BCUT2D eigenvalue weighted by Crippen LogP contribution is 2.36. The van der Waals surface area contributed by atoms with Crippen molar-refractivity contribution in [3.8, 4) is 0 Å². The molecule has 0 aliphatic heterocycles. The molecular formula is C34H50O3. The van der Waals surface area contributed by atoms with E-state index in [0.717, 1.165) is 48.8 Å². The Morgan fingerprint density at radius 3 is 1.92 bits per heavy atom. The highest BCUT2D eigenvalue weighted by atomic mass is 16.1. The molecule has 3 unspecified atom stereocenters. The van der Waals surface area contributed by atoms with Gasteiger partial charge in [0.2, 0.25) is 0 Å². The van der Waals surface area contributed by atoms with E-state index in [1.807, 2.05) is 26.0 Å². The van der Waals surface area contributed by atoms with Crippen LogP contribution in [0.1, 0.15) is 112 Å². The van der Waals surface area contributed by atoms with E-state index in [-0.39, 0.29) is 35.6 Å². The summed E-state index contributed by atoms with van der Waals surface area (Å²) in [4.78, 5) is 36.6. The van der Waals surface area contributed by atoms with Gasteiger partial charge in [0.1, 0.15) is 11.6 Å². The third kappa shape index (κ3) is 10.8. The van der Waals surface area contributed by atoms with Crippen LogP contribution in [0.25, 0.3) is 0 Å². The van der Waals surface area contributed by atoms with E-state index in [1.165, 1.54) is 24.5 Å². The van der Waals surface area contributed by atoms with Crippen LogP contribution in [0.4, 0.5) is 0 Å². The molecule has 2 aromatic rings. The molecule has 0 radical (unpaired) electrons. The van der Waals surface area contributed by atoms with Crippen LogP contribution in [0, 0.1) is 38.5 Å². The van der Waals surface area contributed by atoms with Crippen LogP contribution < -0.4 is 0 Å². The number of carbonyl (C=O) groups is 3. The summed E-state index contributed by atoms with van der Waals surface area (Å²) < 4.78 is 0. The maximum atomic E-state index is 12.7. The largest absolute Gasteiger partial charge is 0.300 e. The molecular weight excluding hydrogens is 456 g/mol. The van der Waals surface area contributed by atoms with Gasteiger partial charge in [-0.15, -0.1) is 0 Å². The number of aryl methyl sites for hydroxylation is 3. The van der Waals surface area contributed by atoms with Crippen molar-refractivity contribution in [2.24, 2.45) is 17.8 Å². The number of carbonyl (C=O) groups excluding carboxylic acids is 3. The average Bonchev–Trinajstić information content (AvgIpc) is 2.82. The molecule has 2 aromatic carbocycles. The number of benzene rings is 2. The van der Waals surface area contributed by atoms with Crippen LogP contribution in [0.2, 0.25) is 0 Å². The Bertz CT molecular complexity index is 983. The molecule has 0 heterocycles. The predicted molar refractivity (Wildman–Crippen MR) is 156 cm³/mol. The molecule has 3 heteroatoms. The van der Waals surface area contributed by atoms with E-state index in [0.29, 0.717) is 12.3 Å². The molecule has 3 rings (SSSR count). The van der Waals surface area contributed by atoms with Gasteiger partial charge in [-0.3, -0.25) is 14.4 Å². The first-order valence-corrected chi connectivity index (χ1v) is 14.2. The minimum Gasteiger partial charge on any atom is -0.300 e. The molecule has 1 aliphatic rings. The Balaban J connectivity index is 0.000000516. The van der Waals surface area contributed by atoms with Crippen molar-refractivity contribution < 1.29 is 14.4 Å². The molecule has 0 spiro atoms. The van der Waals surface area contributed by atoms with Crippen molar-refractivity contribution in [2.45, 2.75) is 107 Å². The SMILES string of the molecule is CCC.CCCC(CC1CC(=O)c2c(C)cccc2C1)C(CC)C(=O)CC(C)=O.Cc1ccccc1C. The summed E-state index contributed by atoms with van der Waals surface area (Å²) in [5.41, 5.74) is 5.87. The zero-order chi connectivity index (χ0) is 28.0. The normalized spacial score (nSPS) is 15.8. The molecule has 204 valence electrons. The van der Waals surface area contributed by atoms with E-state index in [2.05, 4.69) is 65.0 Å². The molecule has 0 aromatic heterocycles. The summed E-state index contributed by atoms with van der Waals surface area (Å²) in [6.07, 6.45) is 6.46. The molecule has 0 fully saturated rings. The van der Waals surface area contributed by atoms with Crippen molar-refractivity contribution in [2.75, 3.05) is 0 Å². The summed E-state index contributed by atoms with van der Waals surface area (Å²) in [5.74, 6) is 0.770. The second-order valence-corrected chi connectivity index (χ2v) is 10.7. The minimum absolute atomic E-state index is 0.0460. The quantitative estimate of drug-likeness (QED) is 0.319. The number of rotatable bonds is 9. The molecule has 37 heavy (non-hydrogen) atoms. The fourth-order valence-electron chi connectivity index (χ4n) is 5.36. The monoisotopic (exact) mass is 506 g/mol. The van der Waals surface area contributed by atoms with Gasteiger partial charge in [-0.05, 0) is 81.0 Å². The fourth-order valence-corrected chi connectivity index (χ4v) is 5.36. The number of fused-ring (bicyclic) bond motifs is 1. The molecule has 1 aliphatic carbocycles. The van der Waals surface area contributed by atoms with E-state index >= 15 is 0 Å². The Labute approximate surface area is 226 Å². The standard InChI is InChI=1S/C23H32O3.C8H10.C3H8/c1-5-8-18(20(6-2)21(25)11-16(4)24)12-17-13-19-10-7-9-15(3)23(19)22(26)14-17;1-7-5-3-4-6-8(7)2;1-3-2/h7,9-10,17-18,20H,5-6,8,11-14H2,1-4H3;3-6H,1-2H3;3H2,1-2H3. The van der Waals surface area contributed by atoms with Crippen LogP contribution in [0.3, 0.4) is 0 Å². The summed E-state index contributed by atoms with van der Waals surface area (Å²) in [7, 11) is 0. The Morgan fingerprint density at radius 2 is 1.43 bits per heavy atom. The zero-order valence-corrected chi connectivity index (χ0v) is 24.7. The van der Waals surface area contributed by atoms with Gasteiger partial charge in [-0.2, -0.15) is 0 Å². The number of Topliss-reactive ketones (excluding diaryl/α,β-unsaturated/α-hetero) is 3. The maximum absolute atomic E-state index is 12.7. The lowest BCUT2D eigenvalue weighted by Crippen LogP contribution is -2.29. The van der Waals surface area contributed by atoms with Crippen molar-refractivity contribution in [1.82, 2.24) is 0 Å². The first-order chi connectivity index (χ1) is 17.6. The number of hydrogen-bond acceptors (Lipinski definition) is 3. The molecule has 0 saturated carbocycles. The van der Waals surface area contributed by atoms with E-state index in [4.69, 9.17) is 0 Å². The smallest absolute Gasteiger partial charge is 0.163 e. The third-order valence-electron chi connectivity index (χ3n) is 7.19. The van der Waals surface area contributed by atoms with Crippen LogP contribution in [-0.2, 0) is 16.0 Å². The second kappa shape index (κ2) is 17.1. The van der Waals surface area contributed by atoms with Gasteiger partial charge in [0.05, 0.1) is 6.42 Å². The lowest BCUT2D eigenvalue weighted by molar-refractivity contribution is -0.129. The topological polar surface area (TPSA) is 51.2 Å². The fraction of sp³-hybridized carbons (Fsp3) is 0.559. The van der Waals surface area contributed by atoms with Gasteiger partial charge in [0, 0.05) is 17.9 Å². The molecule has 3 atom stereocenters. The molecule has 0 bridgehead atoms. The van der Waals surface area contributed by atoms with Gasteiger partial charge < -0.3 is 0 Å². The van der Waals surface area contributed by atoms with Gasteiger partial charge in [-0.25, -0.2) is 0 Å². The van der Waals surface area contributed by atoms with E-state index < -0.39 is 0 Å². The van der Waals surface area contributed by atoms with Crippen molar-refractivity contribution >= 4 is 17.3 Å². The summed E-state index contributed by atoms with van der Waals surface area (Å²) >= 11 is 0. The van der Waals surface area contributed by atoms with Gasteiger partial charge in [0.15, 0.2) is 5.78 Å². The lowest BCUT2D eigenvalue weighted by Gasteiger charge is -2.31. The minimum atomic E-state index is -0.0622. The lowest BCUT2D eigenvalue weighted by atomic mass is 9.72. The summed E-state index contributed by atoms with van der Waals surface area (Å²) in [5, 5.41) is 0. The van der Waals surface area contributed by atoms with Gasteiger partial charge in [-0.1, -0.05) is 89.4 Å². The zero-order valence-electron chi connectivity index (χ0n) is 24.7. The Morgan fingerprint density at radius 1 is 0.865 bits per heavy atom. The van der Waals surface area contributed by atoms with Crippen LogP contribution >= 0.6 is 0 Å². The second-order valence-electron chi connectivity index (χ2n) is 10.7. The first kappa shape index (κ1) is 32.5. The van der Waals surface area contributed by atoms with Crippen molar-refractivity contribution in [3.05, 3.63) is 70.3 Å². The van der Waals surface area contributed by atoms with Gasteiger partial charge >= 0.3 is 0 Å². The van der Waals surface area contributed by atoms with E-state index in [9.17, 15) is 14.4 Å². The van der Waals surface area contributed by atoms with Crippen LogP contribution in [0.5, 0.6) is 0 Å². The predicted octanol–water partition coefficient (Wildman–Crippen LogP) is 8.84. The first-order valence-electron chi connectivity index (χ1n) is 14.2. The maximum Gasteiger partial charge on any atom is 0.163 e. The Kier molecular flexibility index (Phi) is 15.0. The van der Waals surface area contributed by atoms with Crippen LogP contribution in [-0.4, -0.2) is 17.3 Å². The van der Waals surface area contributed by atoms with Crippen molar-refractivity contribution in [1.29, 1.82) is 0 Å². The molecule has 0 amide bonds. The third-order valence-corrected chi connectivity index (χ3v) is 7.19. The highest BCUT2D eigenvalue weighted by molar-refractivity contribution is 6.00. The summed E-state index contributed by atoms with van der Waals surface area (Å²) in [6, 6.07) is 14.5. The van der Waals surface area contributed by atoms with E-state index in [1.54, 1.807) is 0 Å². The van der Waals surface area contributed by atoms with Crippen molar-refractivity contribution in [3.63, 3.8) is 0 Å². The average molecular weight is 507 g/mol. The van der Waals surface area contributed by atoms with Crippen LogP contribution in [0.15, 0.2) is 42.5 Å². The summed E-state index contributed by atoms with van der Waals surface area (Å²) in [6.45, 7) is 16.2. The Hall–Kier alpha value is -2.55. The number of hydrogen-bond donors (Lipinski definition) is 0. The number of ketones is 3. The highest BCUT2D eigenvalue weighted by Gasteiger charge is 2.32. The molecule has 0 saturated heterocycles. The van der Waals surface area contributed by atoms with Gasteiger partial charge in [0.25, 0.3) is 0 Å². The molecule has 3 nitrogen and oxygen atoms in total. The molecule has 0 N–H and O–H groups in total.